The number of carbonyl (C=O) groups is 1. The highest BCUT2D eigenvalue weighted by molar-refractivity contribution is 5.83. The van der Waals surface area contributed by atoms with Crippen LogP contribution in [0.3, 0.4) is 0 Å². The summed E-state index contributed by atoms with van der Waals surface area (Å²) in [6.07, 6.45) is 3.68. The van der Waals surface area contributed by atoms with E-state index >= 15 is 0 Å². The zero-order chi connectivity index (χ0) is 12.5. The van der Waals surface area contributed by atoms with Gasteiger partial charge in [-0.1, -0.05) is 12.1 Å². The van der Waals surface area contributed by atoms with Crippen LogP contribution in [0.5, 0.6) is 5.75 Å². The number of rotatable bonds is 3. The molecule has 1 aromatic rings. The number of Topliss-reactive ketones (excluding diaryl/α,β-unsaturated/α-hetero) is 1. The van der Waals surface area contributed by atoms with Gasteiger partial charge in [-0.3, -0.25) is 4.79 Å². The van der Waals surface area contributed by atoms with Crippen molar-refractivity contribution in [2.45, 2.75) is 44.7 Å². The number of hydrogen-bond donors (Lipinski definition) is 0. The summed E-state index contributed by atoms with van der Waals surface area (Å²) in [5.74, 6) is 1.37. The average molecular weight is 245 g/mol. The molecule has 3 heteroatoms. The lowest BCUT2D eigenvalue weighted by Crippen LogP contribution is -2.43. The first kappa shape index (κ1) is 11.6. The predicted molar refractivity (Wildman–Crippen MR) is 71.1 cm³/mol. The van der Waals surface area contributed by atoms with E-state index in [1.807, 2.05) is 25.1 Å². The lowest BCUT2D eigenvalue weighted by atomic mass is 10.0. The molecule has 2 heterocycles. The quantitative estimate of drug-likeness (QED) is 0.820. The molecule has 0 aromatic heterocycles. The number of para-hydroxylation sites is 2. The van der Waals surface area contributed by atoms with Gasteiger partial charge in [0.2, 0.25) is 0 Å². The Labute approximate surface area is 108 Å². The van der Waals surface area contributed by atoms with Gasteiger partial charge >= 0.3 is 0 Å². The van der Waals surface area contributed by atoms with Crippen LogP contribution in [0.2, 0.25) is 0 Å². The van der Waals surface area contributed by atoms with Crippen molar-refractivity contribution in [1.29, 1.82) is 0 Å². The maximum absolute atomic E-state index is 11.7. The van der Waals surface area contributed by atoms with Gasteiger partial charge < -0.3 is 9.64 Å². The largest absolute Gasteiger partial charge is 0.492 e. The first-order valence-electron chi connectivity index (χ1n) is 6.81. The van der Waals surface area contributed by atoms with Crippen molar-refractivity contribution in [3.05, 3.63) is 24.3 Å². The summed E-state index contributed by atoms with van der Waals surface area (Å²) in [6.45, 7) is 2.68. The zero-order valence-electron chi connectivity index (χ0n) is 10.8. The van der Waals surface area contributed by atoms with E-state index in [1.165, 1.54) is 5.69 Å². The molecule has 2 saturated heterocycles. The number of piperidine rings is 1. The minimum absolute atomic E-state index is 0.387. The van der Waals surface area contributed by atoms with Crippen molar-refractivity contribution in [3.8, 4) is 5.75 Å². The SMILES string of the molecule is CCOc1ccccc1N1C2CCC1CC(=O)C2. The van der Waals surface area contributed by atoms with Crippen molar-refractivity contribution < 1.29 is 9.53 Å². The first-order valence-corrected chi connectivity index (χ1v) is 6.81. The third kappa shape index (κ3) is 1.88. The summed E-state index contributed by atoms with van der Waals surface area (Å²) >= 11 is 0. The molecule has 18 heavy (non-hydrogen) atoms. The molecule has 0 amide bonds. The third-order valence-corrected chi connectivity index (χ3v) is 3.99. The molecule has 2 aliphatic rings. The Kier molecular flexibility index (Phi) is 2.98. The van der Waals surface area contributed by atoms with Crippen molar-refractivity contribution in [2.75, 3.05) is 11.5 Å². The fourth-order valence-corrected chi connectivity index (χ4v) is 3.31. The fraction of sp³-hybridized carbons (Fsp3) is 0.533. The van der Waals surface area contributed by atoms with E-state index in [1.54, 1.807) is 0 Å². The molecule has 96 valence electrons. The Morgan fingerprint density at radius 3 is 2.56 bits per heavy atom. The lowest BCUT2D eigenvalue weighted by molar-refractivity contribution is -0.120. The fourth-order valence-electron chi connectivity index (χ4n) is 3.31. The van der Waals surface area contributed by atoms with Crippen LogP contribution in [0.15, 0.2) is 24.3 Å². The molecule has 2 fully saturated rings. The number of ketones is 1. The highest BCUT2D eigenvalue weighted by Gasteiger charge is 2.40. The van der Waals surface area contributed by atoms with E-state index in [2.05, 4.69) is 11.0 Å². The predicted octanol–water partition coefficient (Wildman–Crippen LogP) is 2.79. The lowest BCUT2D eigenvalue weighted by Gasteiger charge is -2.36. The summed E-state index contributed by atoms with van der Waals surface area (Å²) in [7, 11) is 0. The first-order chi connectivity index (χ1) is 8.79. The Morgan fingerprint density at radius 1 is 1.22 bits per heavy atom. The molecule has 2 atom stereocenters. The van der Waals surface area contributed by atoms with Gasteiger partial charge in [0.1, 0.15) is 11.5 Å². The Balaban J connectivity index is 1.93. The van der Waals surface area contributed by atoms with E-state index < -0.39 is 0 Å². The normalized spacial score (nSPS) is 26.5. The van der Waals surface area contributed by atoms with Crippen molar-refractivity contribution in [1.82, 2.24) is 0 Å². The van der Waals surface area contributed by atoms with E-state index in [4.69, 9.17) is 4.74 Å². The van der Waals surface area contributed by atoms with Gasteiger partial charge in [0.05, 0.1) is 12.3 Å². The number of carbonyl (C=O) groups excluding carboxylic acids is 1. The Morgan fingerprint density at radius 2 is 1.89 bits per heavy atom. The van der Waals surface area contributed by atoms with E-state index in [-0.39, 0.29) is 0 Å². The van der Waals surface area contributed by atoms with Gasteiger partial charge in [-0.2, -0.15) is 0 Å². The van der Waals surface area contributed by atoms with Crippen LogP contribution in [-0.2, 0) is 4.79 Å². The van der Waals surface area contributed by atoms with Gasteiger partial charge in [-0.25, -0.2) is 0 Å². The minimum Gasteiger partial charge on any atom is -0.492 e. The number of ether oxygens (including phenoxy) is 1. The number of fused-ring (bicyclic) bond motifs is 2. The average Bonchev–Trinajstić information content (AvgIpc) is 2.63. The second-order valence-electron chi connectivity index (χ2n) is 5.14. The molecular formula is C15H19NO2. The molecule has 0 radical (unpaired) electrons. The number of nitrogens with zero attached hydrogens (tertiary/aromatic N) is 1. The van der Waals surface area contributed by atoms with Crippen molar-refractivity contribution in [2.24, 2.45) is 0 Å². The van der Waals surface area contributed by atoms with Gasteiger partial charge in [-0.05, 0) is 31.9 Å². The van der Waals surface area contributed by atoms with Crippen LogP contribution >= 0.6 is 0 Å². The van der Waals surface area contributed by atoms with Crippen LogP contribution in [0, 0.1) is 0 Å². The standard InChI is InChI=1S/C15H19NO2/c1-2-18-15-6-4-3-5-14(15)16-11-7-8-12(16)10-13(17)9-11/h3-6,11-12H,2,7-10H2,1H3. The maximum atomic E-state index is 11.7. The summed E-state index contributed by atoms with van der Waals surface area (Å²) in [4.78, 5) is 14.1. The Hall–Kier alpha value is -1.51. The second kappa shape index (κ2) is 4.63. The summed E-state index contributed by atoms with van der Waals surface area (Å²) < 4.78 is 5.71. The molecule has 0 spiro atoms. The molecule has 2 aliphatic heterocycles. The number of hydrogen-bond acceptors (Lipinski definition) is 3. The molecule has 3 nitrogen and oxygen atoms in total. The second-order valence-corrected chi connectivity index (χ2v) is 5.14. The summed E-state index contributed by atoms with van der Waals surface area (Å²) in [5.41, 5.74) is 1.17. The van der Waals surface area contributed by atoms with E-state index in [0.717, 1.165) is 18.6 Å². The molecule has 2 bridgehead atoms. The van der Waals surface area contributed by atoms with Crippen LogP contribution in [0.25, 0.3) is 0 Å². The number of anilines is 1. The van der Waals surface area contributed by atoms with E-state index in [0.29, 0.717) is 37.3 Å². The van der Waals surface area contributed by atoms with Crippen LogP contribution in [0.4, 0.5) is 5.69 Å². The molecule has 0 saturated carbocycles. The topological polar surface area (TPSA) is 29.5 Å². The molecule has 0 N–H and O–H groups in total. The molecule has 0 aliphatic carbocycles. The van der Waals surface area contributed by atoms with Crippen LogP contribution in [-0.4, -0.2) is 24.5 Å². The van der Waals surface area contributed by atoms with Gasteiger partial charge in [-0.15, -0.1) is 0 Å². The highest BCUT2D eigenvalue weighted by Crippen LogP contribution is 2.41. The smallest absolute Gasteiger partial charge is 0.142 e. The molecule has 1 aromatic carbocycles. The zero-order valence-corrected chi connectivity index (χ0v) is 10.8. The number of benzene rings is 1. The van der Waals surface area contributed by atoms with Crippen LogP contribution in [0.1, 0.15) is 32.6 Å². The molecule has 3 rings (SSSR count). The highest BCUT2D eigenvalue weighted by atomic mass is 16.5. The summed E-state index contributed by atoms with van der Waals surface area (Å²) in [6, 6.07) is 8.97. The van der Waals surface area contributed by atoms with Gasteiger partial charge in [0.15, 0.2) is 0 Å². The third-order valence-electron chi connectivity index (χ3n) is 3.99. The van der Waals surface area contributed by atoms with Crippen molar-refractivity contribution in [3.63, 3.8) is 0 Å². The monoisotopic (exact) mass is 245 g/mol. The Bertz CT molecular complexity index is 442. The van der Waals surface area contributed by atoms with E-state index in [9.17, 15) is 4.79 Å². The van der Waals surface area contributed by atoms with Gasteiger partial charge in [0.25, 0.3) is 0 Å². The molecular weight excluding hydrogens is 226 g/mol. The minimum atomic E-state index is 0.387. The summed E-state index contributed by atoms with van der Waals surface area (Å²) in [5, 5.41) is 0. The van der Waals surface area contributed by atoms with Crippen molar-refractivity contribution >= 4 is 11.5 Å². The maximum Gasteiger partial charge on any atom is 0.142 e. The molecule has 2 unspecified atom stereocenters. The van der Waals surface area contributed by atoms with Crippen LogP contribution < -0.4 is 9.64 Å². The van der Waals surface area contributed by atoms with Gasteiger partial charge in [0, 0.05) is 24.9 Å².